The van der Waals surface area contributed by atoms with E-state index in [-0.39, 0.29) is 27.9 Å². The SMILES string of the molecule is O=C(CCCNc1ccccn1)Nc1ccc(C[C@H](NC(=O)c2c(Cl)cccc2Cl)C(=O)O)cc1. The van der Waals surface area contributed by atoms with Crippen molar-refractivity contribution in [2.45, 2.75) is 25.3 Å². The van der Waals surface area contributed by atoms with Gasteiger partial charge in [-0.25, -0.2) is 9.78 Å². The molecule has 1 heterocycles. The molecule has 0 fully saturated rings. The third-order valence-corrected chi connectivity index (χ3v) is 5.65. The minimum Gasteiger partial charge on any atom is -0.480 e. The Morgan fingerprint density at radius 2 is 1.66 bits per heavy atom. The average Bonchev–Trinajstić information content (AvgIpc) is 2.83. The van der Waals surface area contributed by atoms with Crippen molar-refractivity contribution in [2.24, 2.45) is 0 Å². The van der Waals surface area contributed by atoms with Crippen molar-refractivity contribution in [3.8, 4) is 0 Å². The Morgan fingerprint density at radius 3 is 2.29 bits per heavy atom. The molecule has 0 radical (unpaired) electrons. The van der Waals surface area contributed by atoms with Crippen LogP contribution in [-0.4, -0.2) is 40.5 Å². The van der Waals surface area contributed by atoms with Crippen molar-refractivity contribution in [3.63, 3.8) is 0 Å². The van der Waals surface area contributed by atoms with E-state index in [1.165, 1.54) is 12.1 Å². The summed E-state index contributed by atoms with van der Waals surface area (Å²) in [6.45, 7) is 0.616. The van der Waals surface area contributed by atoms with Crippen LogP contribution in [0.3, 0.4) is 0 Å². The molecule has 0 saturated heterocycles. The van der Waals surface area contributed by atoms with Gasteiger partial charge in [0.2, 0.25) is 5.91 Å². The summed E-state index contributed by atoms with van der Waals surface area (Å²) >= 11 is 12.1. The highest BCUT2D eigenvalue weighted by Gasteiger charge is 2.23. The molecule has 2 aromatic carbocycles. The Kier molecular flexibility index (Phi) is 9.46. The molecular formula is C25H24Cl2N4O4. The fraction of sp³-hybridized carbons (Fsp3) is 0.200. The lowest BCUT2D eigenvalue weighted by atomic mass is 10.0. The van der Waals surface area contributed by atoms with Crippen molar-refractivity contribution in [1.29, 1.82) is 0 Å². The van der Waals surface area contributed by atoms with E-state index in [2.05, 4.69) is 20.9 Å². The number of nitrogens with one attached hydrogen (secondary N) is 3. The number of carboxylic acids is 1. The van der Waals surface area contributed by atoms with Gasteiger partial charge in [-0.1, -0.05) is 47.5 Å². The second-order valence-corrected chi connectivity index (χ2v) is 8.47. The second kappa shape index (κ2) is 12.7. The molecule has 4 N–H and O–H groups in total. The Bertz CT molecular complexity index is 1150. The number of carboxylic acid groups (broad SMARTS) is 1. The number of hydrogen-bond acceptors (Lipinski definition) is 5. The Hall–Kier alpha value is -3.62. The molecule has 0 aliphatic heterocycles. The first-order valence-corrected chi connectivity index (χ1v) is 11.6. The summed E-state index contributed by atoms with van der Waals surface area (Å²) in [4.78, 5) is 40.6. The number of benzene rings is 2. The van der Waals surface area contributed by atoms with Crippen LogP contribution in [0, 0.1) is 0 Å². The van der Waals surface area contributed by atoms with E-state index in [0.717, 1.165) is 5.82 Å². The summed E-state index contributed by atoms with van der Waals surface area (Å²) in [7, 11) is 0. The van der Waals surface area contributed by atoms with Gasteiger partial charge < -0.3 is 21.1 Å². The molecule has 0 bridgehead atoms. The van der Waals surface area contributed by atoms with Gasteiger partial charge in [0.1, 0.15) is 11.9 Å². The molecule has 10 heteroatoms. The fourth-order valence-electron chi connectivity index (χ4n) is 3.26. The quantitative estimate of drug-likeness (QED) is 0.276. The maximum absolute atomic E-state index is 12.6. The number of aliphatic carboxylic acids is 1. The Balaban J connectivity index is 1.49. The largest absolute Gasteiger partial charge is 0.480 e. The number of anilines is 2. The van der Waals surface area contributed by atoms with Crippen LogP contribution in [0.5, 0.6) is 0 Å². The van der Waals surface area contributed by atoms with Gasteiger partial charge in [-0.15, -0.1) is 0 Å². The van der Waals surface area contributed by atoms with Gasteiger partial charge in [0.25, 0.3) is 5.91 Å². The maximum atomic E-state index is 12.6. The third-order valence-electron chi connectivity index (χ3n) is 5.02. The zero-order valence-electron chi connectivity index (χ0n) is 18.6. The van der Waals surface area contributed by atoms with Crippen LogP contribution in [0.15, 0.2) is 66.9 Å². The van der Waals surface area contributed by atoms with E-state index < -0.39 is 17.9 Å². The highest BCUT2D eigenvalue weighted by atomic mass is 35.5. The Labute approximate surface area is 212 Å². The lowest BCUT2D eigenvalue weighted by Gasteiger charge is -2.16. The lowest BCUT2D eigenvalue weighted by molar-refractivity contribution is -0.139. The summed E-state index contributed by atoms with van der Waals surface area (Å²) < 4.78 is 0. The third kappa shape index (κ3) is 7.98. The number of carbonyl (C=O) groups is 3. The monoisotopic (exact) mass is 514 g/mol. The fourth-order valence-corrected chi connectivity index (χ4v) is 3.83. The predicted molar refractivity (Wildman–Crippen MR) is 136 cm³/mol. The van der Waals surface area contributed by atoms with Crippen LogP contribution >= 0.6 is 23.2 Å². The maximum Gasteiger partial charge on any atom is 0.326 e. The smallest absolute Gasteiger partial charge is 0.326 e. The molecule has 0 saturated carbocycles. The normalized spacial score (nSPS) is 11.4. The summed E-state index contributed by atoms with van der Waals surface area (Å²) in [6, 6.07) is 15.7. The molecule has 8 nitrogen and oxygen atoms in total. The molecule has 35 heavy (non-hydrogen) atoms. The van der Waals surface area contributed by atoms with E-state index in [4.69, 9.17) is 23.2 Å². The summed E-state index contributed by atoms with van der Waals surface area (Å²) in [5, 5.41) is 18.3. The second-order valence-electron chi connectivity index (χ2n) is 7.66. The van der Waals surface area contributed by atoms with Crippen LogP contribution in [0.4, 0.5) is 11.5 Å². The first-order valence-electron chi connectivity index (χ1n) is 10.8. The van der Waals surface area contributed by atoms with E-state index in [9.17, 15) is 19.5 Å². The van der Waals surface area contributed by atoms with Crippen molar-refractivity contribution in [1.82, 2.24) is 10.3 Å². The topological polar surface area (TPSA) is 120 Å². The average molecular weight is 515 g/mol. The molecule has 0 aliphatic rings. The zero-order valence-corrected chi connectivity index (χ0v) is 20.1. The number of amides is 2. The molecule has 0 unspecified atom stereocenters. The van der Waals surface area contributed by atoms with Gasteiger partial charge in [-0.3, -0.25) is 9.59 Å². The molecule has 1 aromatic heterocycles. The van der Waals surface area contributed by atoms with Gasteiger partial charge in [-0.05, 0) is 48.4 Å². The van der Waals surface area contributed by atoms with Crippen molar-refractivity contribution < 1.29 is 19.5 Å². The van der Waals surface area contributed by atoms with Crippen molar-refractivity contribution >= 4 is 52.5 Å². The number of rotatable bonds is 11. The van der Waals surface area contributed by atoms with Crippen LogP contribution in [0.25, 0.3) is 0 Å². The minimum absolute atomic E-state index is 0.0235. The molecule has 1 atom stereocenters. The molecule has 0 spiro atoms. The van der Waals surface area contributed by atoms with Crippen molar-refractivity contribution in [2.75, 3.05) is 17.2 Å². The van der Waals surface area contributed by atoms with Crippen LogP contribution < -0.4 is 16.0 Å². The number of carbonyl (C=O) groups excluding carboxylic acids is 2. The van der Waals surface area contributed by atoms with Gasteiger partial charge in [0, 0.05) is 31.3 Å². The molecule has 3 rings (SSSR count). The lowest BCUT2D eigenvalue weighted by Crippen LogP contribution is -2.42. The van der Waals surface area contributed by atoms with Gasteiger partial charge in [-0.2, -0.15) is 0 Å². The number of pyridine rings is 1. The van der Waals surface area contributed by atoms with Gasteiger partial charge in [0.05, 0.1) is 15.6 Å². The molecule has 3 aromatic rings. The van der Waals surface area contributed by atoms with Crippen LogP contribution in [-0.2, 0) is 16.0 Å². The van der Waals surface area contributed by atoms with E-state index in [0.29, 0.717) is 30.6 Å². The minimum atomic E-state index is -1.20. The van der Waals surface area contributed by atoms with Gasteiger partial charge >= 0.3 is 5.97 Å². The highest BCUT2D eigenvalue weighted by Crippen LogP contribution is 2.24. The Morgan fingerprint density at radius 1 is 0.943 bits per heavy atom. The highest BCUT2D eigenvalue weighted by molar-refractivity contribution is 6.39. The van der Waals surface area contributed by atoms with E-state index in [1.54, 1.807) is 36.5 Å². The summed E-state index contributed by atoms with van der Waals surface area (Å²) in [5.41, 5.74) is 1.28. The number of hydrogen-bond donors (Lipinski definition) is 4. The standard InChI is InChI=1S/C25H24Cl2N4O4/c26-18-5-3-6-19(27)23(18)24(33)31-20(25(34)35)15-16-9-11-17(12-10-16)30-22(32)8-4-14-29-21-7-1-2-13-28-21/h1-3,5-7,9-13,20H,4,8,14-15H2,(H,28,29)(H,30,32)(H,31,33)(H,34,35)/t20-/m0/s1. The molecule has 2 amide bonds. The predicted octanol–water partition coefficient (Wildman–Crippen LogP) is 4.64. The first kappa shape index (κ1) is 26.0. The zero-order chi connectivity index (χ0) is 25.2. The van der Waals surface area contributed by atoms with Gasteiger partial charge in [0.15, 0.2) is 0 Å². The molecule has 182 valence electrons. The van der Waals surface area contributed by atoms with E-state index >= 15 is 0 Å². The van der Waals surface area contributed by atoms with E-state index in [1.807, 2.05) is 18.2 Å². The van der Waals surface area contributed by atoms with Crippen molar-refractivity contribution in [3.05, 3.63) is 88.0 Å². The van der Waals surface area contributed by atoms with Crippen LogP contribution in [0.1, 0.15) is 28.8 Å². The number of nitrogens with zero attached hydrogens (tertiary/aromatic N) is 1. The number of aromatic nitrogens is 1. The molecule has 0 aliphatic carbocycles. The number of halogens is 2. The summed E-state index contributed by atoms with van der Waals surface area (Å²) in [6.07, 6.45) is 2.70. The van der Waals surface area contributed by atoms with Crippen LogP contribution in [0.2, 0.25) is 10.0 Å². The summed E-state index contributed by atoms with van der Waals surface area (Å²) in [5.74, 6) is -1.24. The molecular weight excluding hydrogens is 491 g/mol. The first-order chi connectivity index (χ1) is 16.8.